The van der Waals surface area contributed by atoms with Gasteiger partial charge in [-0.05, 0) is 31.5 Å². The molecule has 0 aliphatic heterocycles. The van der Waals surface area contributed by atoms with Gasteiger partial charge in [0.25, 0.3) is 5.69 Å². The molecule has 0 amide bonds. The molecule has 1 heterocycles. The maximum absolute atomic E-state index is 10.7. The van der Waals surface area contributed by atoms with Crippen LogP contribution in [0.1, 0.15) is 11.4 Å². The summed E-state index contributed by atoms with van der Waals surface area (Å²) in [5.74, 6) is 0. The molecule has 0 atom stereocenters. The van der Waals surface area contributed by atoms with Gasteiger partial charge in [-0.25, -0.2) is 9.25 Å². The van der Waals surface area contributed by atoms with Crippen LogP contribution in [0.15, 0.2) is 24.3 Å². The summed E-state index contributed by atoms with van der Waals surface area (Å²) in [5.41, 5.74) is 2.71. The summed E-state index contributed by atoms with van der Waals surface area (Å²) >= 11 is 0. The zero-order valence-corrected chi connectivity index (χ0v) is 12.7. The lowest BCUT2D eigenvalue weighted by Crippen LogP contribution is -2.05. The van der Waals surface area contributed by atoms with Gasteiger partial charge in [-0.15, -0.1) is 0 Å². The summed E-state index contributed by atoms with van der Waals surface area (Å²) in [6.45, 7) is 3.07. The third-order valence-corrected chi connectivity index (χ3v) is 3.55. The average Bonchev–Trinajstić information content (AvgIpc) is 2.70. The van der Waals surface area contributed by atoms with E-state index in [4.69, 9.17) is 9.79 Å². The number of benzene rings is 1. The Hall–Kier alpha value is -2.06. The van der Waals surface area contributed by atoms with Crippen molar-refractivity contribution in [3.8, 4) is 11.1 Å². The molecule has 1 aromatic heterocycles. The first-order valence-electron chi connectivity index (χ1n) is 6.18. The Balaban J connectivity index is 2.33. The number of aromatic nitrogens is 2. The van der Waals surface area contributed by atoms with E-state index in [0.29, 0.717) is 11.4 Å². The minimum absolute atomic E-state index is 0.0173. The van der Waals surface area contributed by atoms with Crippen LogP contribution in [-0.2, 0) is 15.8 Å². The fraction of sp³-hybridized carbons (Fsp3) is 0.250. The van der Waals surface area contributed by atoms with Crippen LogP contribution < -0.4 is 0 Å². The number of aryl methyl sites for hydroxylation is 1. The second kappa shape index (κ2) is 5.98. The quantitative estimate of drug-likeness (QED) is 0.489. The van der Waals surface area contributed by atoms with E-state index in [1.807, 2.05) is 0 Å². The number of nitro groups is 1. The average molecular weight is 327 g/mol. The molecule has 0 spiro atoms. The van der Waals surface area contributed by atoms with Gasteiger partial charge >= 0.3 is 7.82 Å². The molecule has 0 unspecified atom stereocenters. The predicted molar refractivity (Wildman–Crippen MR) is 76.9 cm³/mol. The maximum atomic E-state index is 10.7. The fourth-order valence-electron chi connectivity index (χ4n) is 2.12. The van der Waals surface area contributed by atoms with Crippen molar-refractivity contribution in [1.29, 1.82) is 0 Å². The van der Waals surface area contributed by atoms with E-state index in [2.05, 4.69) is 9.62 Å². The lowest BCUT2D eigenvalue weighted by molar-refractivity contribution is -0.384. The molecule has 10 heteroatoms. The number of non-ortho nitro benzene ring substituents is 1. The molecule has 22 heavy (non-hydrogen) atoms. The first-order valence-corrected chi connectivity index (χ1v) is 7.71. The van der Waals surface area contributed by atoms with Crippen LogP contribution >= 0.6 is 7.82 Å². The number of phosphoric ester groups is 1. The highest BCUT2D eigenvalue weighted by Crippen LogP contribution is 2.37. The summed E-state index contributed by atoms with van der Waals surface area (Å²) in [6.07, 6.45) is 0. The summed E-state index contributed by atoms with van der Waals surface area (Å²) in [4.78, 5) is 27.6. The molecule has 0 saturated carbocycles. The van der Waals surface area contributed by atoms with Crippen molar-refractivity contribution in [2.24, 2.45) is 0 Å². The molecule has 9 nitrogen and oxygen atoms in total. The maximum Gasteiger partial charge on any atom is 0.471 e. The van der Waals surface area contributed by atoms with Gasteiger partial charge < -0.3 is 9.79 Å². The van der Waals surface area contributed by atoms with Gasteiger partial charge in [0.1, 0.15) is 0 Å². The van der Waals surface area contributed by atoms with Gasteiger partial charge in [0, 0.05) is 23.4 Å². The predicted octanol–water partition coefficient (Wildman–Crippen LogP) is 2.14. The van der Waals surface area contributed by atoms with Crippen molar-refractivity contribution in [3.63, 3.8) is 0 Å². The number of hydrogen-bond donors (Lipinski definition) is 2. The number of hydrogen-bond acceptors (Lipinski definition) is 5. The Bertz CT molecular complexity index is 749. The van der Waals surface area contributed by atoms with Crippen LogP contribution in [0.4, 0.5) is 5.69 Å². The second-order valence-electron chi connectivity index (χ2n) is 4.60. The van der Waals surface area contributed by atoms with E-state index in [-0.39, 0.29) is 12.4 Å². The number of nitrogens with zero attached hydrogens (tertiary/aromatic N) is 3. The van der Waals surface area contributed by atoms with Crippen molar-refractivity contribution in [2.75, 3.05) is 0 Å². The van der Waals surface area contributed by atoms with Gasteiger partial charge in [-0.3, -0.25) is 14.6 Å². The first kappa shape index (κ1) is 16.3. The molecule has 2 aromatic rings. The van der Waals surface area contributed by atoms with Crippen molar-refractivity contribution in [1.82, 2.24) is 9.78 Å². The highest BCUT2D eigenvalue weighted by molar-refractivity contribution is 7.46. The van der Waals surface area contributed by atoms with Crippen LogP contribution in [-0.4, -0.2) is 24.5 Å². The van der Waals surface area contributed by atoms with E-state index in [1.54, 1.807) is 26.0 Å². The van der Waals surface area contributed by atoms with Crippen molar-refractivity contribution < 1.29 is 23.8 Å². The summed E-state index contributed by atoms with van der Waals surface area (Å²) < 4.78 is 16.5. The SMILES string of the molecule is Cc1nn(COP(=O)(O)O)c(C)c1-c1ccc([N+](=O)[O-])cc1. The van der Waals surface area contributed by atoms with Crippen LogP contribution in [0.3, 0.4) is 0 Å². The minimum atomic E-state index is -4.58. The Morgan fingerprint density at radius 1 is 1.32 bits per heavy atom. The van der Waals surface area contributed by atoms with Crippen LogP contribution in [0.25, 0.3) is 11.1 Å². The van der Waals surface area contributed by atoms with E-state index < -0.39 is 12.7 Å². The molecular formula is C12H14N3O6P. The van der Waals surface area contributed by atoms with E-state index in [1.165, 1.54) is 16.8 Å². The lowest BCUT2D eigenvalue weighted by Gasteiger charge is -2.07. The monoisotopic (exact) mass is 327 g/mol. The first-order chi connectivity index (χ1) is 10.2. The largest absolute Gasteiger partial charge is 0.471 e. The zero-order valence-electron chi connectivity index (χ0n) is 11.8. The van der Waals surface area contributed by atoms with E-state index in [0.717, 1.165) is 11.1 Å². The van der Waals surface area contributed by atoms with Crippen molar-refractivity contribution in [2.45, 2.75) is 20.6 Å². The normalized spacial score (nSPS) is 11.6. The zero-order chi connectivity index (χ0) is 16.5. The van der Waals surface area contributed by atoms with Crippen molar-refractivity contribution >= 4 is 13.5 Å². The summed E-state index contributed by atoms with van der Waals surface area (Å²) in [5, 5.41) is 14.8. The highest BCUT2D eigenvalue weighted by atomic mass is 31.2. The molecule has 0 radical (unpaired) electrons. The van der Waals surface area contributed by atoms with Crippen LogP contribution in [0.2, 0.25) is 0 Å². The Morgan fingerprint density at radius 2 is 1.91 bits per heavy atom. The molecule has 0 bridgehead atoms. The molecule has 118 valence electrons. The van der Waals surface area contributed by atoms with Crippen molar-refractivity contribution in [3.05, 3.63) is 45.8 Å². The molecule has 0 saturated heterocycles. The Labute approximate surface area is 125 Å². The van der Waals surface area contributed by atoms with E-state index in [9.17, 15) is 14.7 Å². The Morgan fingerprint density at radius 3 is 2.41 bits per heavy atom. The molecule has 2 rings (SSSR count). The number of nitro benzene ring substituents is 1. The molecule has 1 aromatic carbocycles. The fourth-order valence-corrected chi connectivity index (χ4v) is 2.38. The summed E-state index contributed by atoms with van der Waals surface area (Å²) in [6, 6.07) is 5.97. The van der Waals surface area contributed by atoms with Crippen LogP contribution in [0.5, 0.6) is 0 Å². The number of phosphoric acid groups is 1. The Kier molecular flexibility index (Phi) is 4.43. The van der Waals surface area contributed by atoms with Crippen LogP contribution in [0, 0.1) is 24.0 Å². The molecule has 2 N–H and O–H groups in total. The molecule has 0 aliphatic carbocycles. The van der Waals surface area contributed by atoms with Gasteiger partial charge in [0.05, 0.1) is 10.6 Å². The van der Waals surface area contributed by atoms with Gasteiger partial charge in [-0.2, -0.15) is 5.10 Å². The molecule has 0 aliphatic rings. The van der Waals surface area contributed by atoms with Gasteiger partial charge in [0.2, 0.25) is 0 Å². The van der Waals surface area contributed by atoms with E-state index >= 15 is 0 Å². The summed E-state index contributed by atoms with van der Waals surface area (Å²) in [7, 11) is -4.58. The number of rotatable bonds is 5. The topological polar surface area (TPSA) is 128 Å². The third-order valence-electron chi connectivity index (χ3n) is 3.10. The standard InChI is InChI=1S/C12H14N3O6P/c1-8-12(10-3-5-11(6-4-10)15(16)17)9(2)14(13-8)7-21-22(18,19)20/h3-6H,7H2,1-2H3,(H2,18,19,20). The second-order valence-corrected chi connectivity index (χ2v) is 5.84. The highest BCUT2D eigenvalue weighted by Gasteiger charge is 2.18. The third kappa shape index (κ3) is 3.58. The smallest absolute Gasteiger partial charge is 0.303 e. The minimum Gasteiger partial charge on any atom is -0.303 e. The molecular weight excluding hydrogens is 313 g/mol. The lowest BCUT2D eigenvalue weighted by atomic mass is 10.0. The van der Waals surface area contributed by atoms with Gasteiger partial charge in [-0.1, -0.05) is 0 Å². The van der Waals surface area contributed by atoms with Gasteiger partial charge in [0.15, 0.2) is 6.73 Å². The molecule has 0 fully saturated rings.